The lowest BCUT2D eigenvalue weighted by Gasteiger charge is -2.06. The molecule has 120 valence electrons. The third-order valence-electron chi connectivity index (χ3n) is 2.76. The zero-order valence-corrected chi connectivity index (χ0v) is 13.4. The Labute approximate surface area is 136 Å². The number of anilines is 1. The number of thioether (sulfide) groups is 1. The summed E-state index contributed by atoms with van der Waals surface area (Å²) in [4.78, 5) is 41.0. The molecule has 1 amide bonds. The topological polar surface area (TPSA) is 101 Å². The molecule has 2 aromatic rings. The van der Waals surface area contributed by atoms with E-state index < -0.39 is 5.97 Å². The Morgan fingerprint density at radius 1 is 1.30 bits per heavy atom. The predicted octanol–water partition coefficient (Wildman–Crippen LogP) is 1.81. The van der Waals surface area contributed by atoms with Gasteiger partial charge in [0.05, 0.1) is 11.3 Å². The molecule has 0 spiro atoms. The highest BCUT2D eigenvalue weighted by atomic mass is 32.2. The second kappa shape index (κ2) is 7.59. The van der Waals surface area contributed by atoms with Gasteiger partial charge in [-0.15, -0.1) is 0 Å². The van der Waals surface area contributed by atoms with Crippen LogP contribution in [0.25, 0.3) is 0 Å². The average molecular weight is 333 g/mol. The van der Waals surface area contributed by atoms with Crippen LogP contribution in [0, 0.1) is 0 Å². The number of carbonyl (C=O) groups is 2. The highest BCUT2D eigenvalue weighted by Crippen LogP contribution is 2.12. The Bertz CT molecular complexity index is 771. The van der Waals surface area contributed by atoms with Crippen LogP contribution in [0.15, 0.2) is 40.3 Å². The Morgan fingerprint density at radius 2 is 2.00 bits per heavy atom. The largest absolute Gasteiger partial charge is 0.456 e. The first-order chi connectivity index (χ1) is 11.0. The second-order valence-corrected chi connectivity index (χ2v) is 5.38. The van der Waals surface area contributed by atoms with Gasteiger partial charge in [0.25, 0.3) is 5.56 Å². The van der Waals surface area contributed by atoms with Crippen LogP contribution in [0.3, 0.4) is 0 Å². The number of hydrogen-bond donors (Lipinski definition) is 2. The summed E-state index contributed by atoms with van der Waals surface area (Å²) in [6, 6.07) is 7.59. The van der Waals surface area contributed by atoms with Gasteiger partial charge in [-0.25, -0.2) is 9.78 Å². The van der Waals surface area contributed by atoms with E-state index >= 15 is 0 Å². The van der Waals surface area contributed by atoms with Crippen LogP contribution < -0.4 is 10.9 Å². The number of aromatic amines is 1. The Balaban J connectivity index is 2.00. The highest BCUT2D eigenvalue weighted by molar-refractivity contribution is 7.98. The summed E-state index contributed by atoms with van der Waals surface area (Å²) >= 11 is 1.29. The SMILES string of the molecule is CSc1nc(COC(=O)c2ccc(NC(C)=O)cc2)cc(=O)[nH]1. The molecule has 1 aromatic carbocycles. The summed E-state index contributed by atoms with van der Waals surface area (Å²) < 4.78 is 5.14. The number of nitrogens with zero attached hydrogens (tertiary/aromatic N) is 1. The first-order valence-corrected chi connectivity index (χ1v) is 7.89. The lowest BCUT2D eigenvalue weighted by molar-refractivity contribution is -0.114. The molecule has 0 fully saturated rings. The molecule has 0 atom stereocenters. The molecule has 8 heteroatoms. The van der Waals surface area contributed by atoms with Crippen molar-refractivity contribution in [3.8, 4) is 0 Å². The lowest BCUT2D eigenvalue weighted by atomic mass is 10.2. The quantitative estimate of drug-likeness (QED) is 0.491. The summed E-state index contributed by atoms with van der Waals surface area (Å²) in [6.45, 7) is 1.31. The number of rotatable bonds is 5. The van der Waals surface area contributed by atoms with Crippen LogP contribution in [0.4, 0.5) is 5.69 Å². The molecule has 0 saturated heterocycles. The van der Waals surface area contributed by atoms with Gasteiger partial charge in [0.1, 0.15) is 6.61 Å². The molecule has 0 aliphatic heterocycles. The maximum absolute atomic E-state index is 12.0. The van der Waals surface area contributed by atoms with Gasteiger partial charge in [-0.2, -0.15) is 0 Å². The maximum atomic E-state index is 12.0. The van der Waals surface area contributed by atoms with E-state index in [4.69, 9.17) is 4.74 Å². The first-order valence-electron chi connectivity index (χ1n) is 6.67. The van der Waals surface area contributed by atoms with Crippen LogP contribution in [0.1, 0.15) is 23.0 Å². The van der Waals surface area contributed by atoms with Gasteiger partial charge >= 0.3 is 5.97 Å². The minimum Gasteiger partial charge on any atom is -0.456 e. The number of aromatic nitrogens is 2. The average Bonchev–Trinajstić information content (AvgIpc) is 2.52. The van der Waals surface area contributed by atoms with E-state index in [1.807, 2.05) is 0 Å². The third-order valence-corrected chi connectivity index (χ3v) is 3.34. The number of nitrogens with one attached hydrogen (secondary N) is 2. The zero-order chi connectivity index (χ0) is 16.8. The Morgan fingerprint density at radius 3 is 2.61 bits per heavy atom. The smallest absolute Gasteiger partial charge is 0.338 e. The molecule has 0 saturated carbocycles. The minimum absolute atomic E-state index is 0.0935. The molecule has 2 N–H and O–H groups in total. The minimum atomic E-state index is -0.535. The highest BCUT2D eigenvalue weighted by Gasteiger charge is 2.09. The molecule has 7 nitrogen and oxygen atoms in total. The summed E-state index contributed by atoms with van der Waals surface area (Å²) in [5, 5.41) is 3.07. The van der Waals surface area contributed by atoms with Crippen molar-refractivity contribution in [1.82, 2.24) is 9.97 Å². The van der Waals surface area contributed by atoms with Crippen LogP contribution in [-0.4, -0.2) is 28.1 Å². The van der Waals surface area contributed by atoms with Crippen LogP contribution in [0.2, 0.25) is 0 Å². The number of hydrogen-bond acceptors (Lipinski definition) is 6. The molecule has 0 aliphatic carbocycles. The van der Waals surface area contributed by atoms with Crippen molar-refractivity contribution in [3.63, 3.8) is 0 Å². The van der Waals surface area contributed by atoms with E-state index in [9.17, 15) is 14.4 Å². The van der Waals surface area contributed by atoms with Crippen LogP contribution in [0.5, 0.6) is 0 Å². The van der Waals surface area contributed by atoms with Crippen molar-refractivity contribution in [2.24, 2.45) is 0 Å². The van der Waals surface area contributed by atoms with Gasteiger partial charge in [0.15, 0.2) is 5.16 Å². The second-order valence-electron chi connectivity index (χ2n) is 4.58. The zero-order valence-electron chi connectivity index (χ0n) is 12.6. The van der Waals surface area contributed by atoms with Crippen molar-refractivity contribution in [1.29, 1.82) is 0 Å². The van der Waals surface area contributed by atoms with Crippen molar-refractivity contribution in [2.45, 2.75) is 18.7 Å². The van der Waals surface area contributed by atoms with Gasteiger partial charge in [0.2, 0.25) is 5.91 Å². The normalized spacial score (nSPS) is 10.2. The van der Waals surface area contributed by atoms with E-state index in [1.165, 1.54) is 24.8 Å². The van der Waals surface area contributed by atoms with Crippen molar-refractivity contribution in [3.05, 3.63) is 51.9 Å². The lowest BCUT2D eigenvalue weighted by Crippen LogP contribution is -2.12. The van der Waals surface area contributed by atoms with E-state index in [1.54, 1.807) is 30.5 Å². The molecule has 0 radical (unpaired) electrons. The number of ether oxygens (including phenoxy) is 1. The van der Waals surface area contributed by atoms with Crippen molar-refractivity contribution >= 4 is 29.3 Å². The summed E-state index contributed by atoms with van der Waals surface area (Å²) in [6.07, 6.45) is 1.78. The molecule has 0 aliphatic rings. The van der Waals surface area contributed by atoms with Crippen molar-refractivity contribution < 1.29 is 14.3 Å². The number of esters is 1. The van der Waals surface area contributed by atoms with E-state index in [0.29, 0.717) is 22.1 Å². The van der Waals surface area contributed by atoms with Crippen LogP contribution >= 0.6 is 11.8 Å². The fraction of sp³-hybridized carbons (Fsp3) is 0.200. The number of carbonyl (C=O) groups excluding carboxylic acids is 2. The standard InChI is InChI=1S/C15H15N3O4S/c1-9(19)16-11-5-3-10(4-6-11)14(21)22-8-12-7-13(20)18-15(17-12)23-2/h3-7H,8H2,1-2H3,(H,16,19)(H,17,18,20). The van der Waals surface area contributed by atoms with Gasteiger partial charge < -0.3 is 15.0 Å². The molecule has 0 unspecified atom stereocenters. The summed E-state index contributed by atoms with van der Waals surface area (Å²) in [5.74, 6) is -0.725. The van der Waals surface area contributed by atoms with Gasteiger partial charge in [0, 0.05) is 18.7 Å². The fourth-order valence-corrected chi connectivity index (χ4v) is 2.18. The van der Waals surface area contributed by atoms with Crippen molar-refractivity contribution in [2.75, 3.05) is 11.6 Å². The summed E-state index contributed by atoms with van der Waals surface area (Å²) in [5.41, 5.74) is 1.01. The molecule has 2 rings (SSSR count). The van der Waals surface area contributed by atoms with Gasteiger partial charge in [-0.3, -0.25) is 9.59 Å². The fourth-order valence-electron chi connectivity index (χ4n) is 1.77. The van der Waals surface area contributed by atoms with Crippen LogP contribution in [-0.2, 0) is 16.1 Å². The molecule has 1 aromatic heterocycles. The monoisotopic (exact) mass is 333 g/mol. The van der Waals surface area contributed by atoms with E-state index in [2.05, 4.69) is 15.3 Å². The molecule has 0 bridgehead atoms. The third kappa shape index (κ3) is 4.96. The number of benzene rings is 1. The Kier molecular flexibility index (Phi) is 5.53. The van der Waals surface area contributed by atoms with E-state index in [-0.39, 0.29) is 18.1 Å². The van der Waals surface area contributed by atoms with E-state index in [0.717, 1.165) is 0 Å². The molecule has 23 heavy (non-hydrogen) atoms. The number of H-pyrrole nitrogens is 1. The van der Waals surface area contributed by atoms with Gasteiger partial charge in [-0.1, -0.05) is 11.8 Å². The first kappa shape index (κ1) is 16.8. The Hall–Kier alpha value is -2.61. The molecule has 1 heterocycles. The van der Waals surface area contributed by atoms with Gasteiger partial charge in [-0.05, 0) is 30.5 Å². The summed E-state index contributed by atoms with van der Waals surface area (Å²) in [7, 11) is 0. The number of amides is 1. The predicted molar refractivity (Wildman–Crippen MR) is 86.5 cm³/mol. The molecular formula is C15H15N3O4S. The molecular weight excluding hydrogens is 318 g/mol. The maximum Gasteiger partial charge on any atom is 0.338 e.